The number of alkyl halides is 2. The molecule has 0 unspecified atom stereocenters. The lowest BCUT2D eigenvalue weighted by atomic mass is 10.2. The Balaban J connectivity index is 2.19. The predicted octanol–water partition coefficient (Wildman–Crippen LogP) is 1.40. The summed E-state index contributed by atoms with van der Waals surface area (Å²) in [4.78, 5) is 23.4. The van der Waals surface area contributed by atoms with E-state index in [0.29, 0.717) is 4.68 Å². The van der Waals surface area contributed by atoms with E-state index >= 15 is 0 Å². The number of hydrazone groups is 1. The molecular formula is C13H12F2N4O4. The number of carbonyl (C=O) groups excluding carboxylic acids is 1. The van der Waals surface area contributed by atoms with Crippen molar-refractivity contribution in [3.05, 3.63) is 45.8 Å². The van der Waals surface area contributed by atoms with Crippen molar-refractivity contribution in [2.24, 2.45) is 5.10 Å². The second-order valence-corrected chi connectivity index (χ2v) is 4.50. The normalized spacial score (nSPS) is 11.8. The monoisotopic (exact) mass is 326 g/mol. The highest BCUT2D eigenvalue weighted by Crippen LogP contribution is 2.15. The van der Waals surface area contributed by atoms with Gasteiger partial charge in [-0.1, -0.05) is 0 Å². The van der Waals surface area contributed by atoms with Crippen LogP contribution < -0.4 is 11.1 Å². The van der Waals surface area contributed by atoms with Crippen LogP contribution >= 0.6 is 0 Å². The van der Waals surface area contributed by atoms with Crippen molar-refractivity contribution >= 4 is 11.6 Å². The van der Waals surface area contributed by atoms with E-state index in [1.54, 1.807) is 0 Å². The van der Waals surface area contributed by atoms with Crippen molar-refractivity contribution < 1.29 is 23.1 Å². The van der Waals surface area contributed by atoms with Gasteiger partial charge in [0.05, 0.1) is 5.71 Å². The van der Waals surface area contributed by atoms with Gasteiger partial charge in [-0.2, -0.15) is 19.0 Å². The van der Waals surface area contributed by atoms with Gasteiger partial charge in [-0.05, 0) is 19.9 Å². The summed E-state index contributed by atoms with van der Waals surface area (Å²) in [6.07, 6.45) is 0.941. The first-order chi connectivity index (χ1) is 10.8. The maximum Gasteiger partial charge on any atom is 0.348 e. The Morgan fingerprint density at radius 1 is 1.52 bits per heavy atom. The summed E-state index contributed by atoms with van der Waals surface area (Å²) in [7, 11) is 0. The van der Waals surface area contributed by atoms with Gasteiger partial charge in [0.1, 0.15) is 17.1 Å². The molecule has 0 saturated carbocycles. The number of nitrogens with zero attached hydrogens (tertiary/aromatic N) is 3. The summed E-state index contributed by atoms with van der Waals surface area (Å²) in [5.41, 5.74) is 0.730. The predicted molar refractivity (Wildman–Crippen MR) is 74.5 cm³/mol. The Labute approximate surface area is 128 Å². The zero-order valence-electron chi connectivity index (χ0n) is 12.1. The molecule has 0 radical (unpaired) electrons. The van der Waals surface area contributed by atoms with Crippen molar-refractivity contribution in [2.75, 3.05) is 0 Å². The third kappa shape index (κ3) is 3.59. The SMILES string of the molecule is C/C(=N/NC(=O)c1ccn(C(F)F)n1)c1c(O)cc(C)oc1=O. The molecule has 0 spiro atoms. The molecule has 0 aromatic carbocycles. The van der Waals surface area contributed by atoms with E-state index in [2.05, 4.69) is 15.6 Å². The van der Waals surface area contributed by atoms with Gasteiger partial charge >= 0.3 is 12.2 Å². The molecule has 2 aromatic heterocycles. The van der Waals surface area contributed by atoms with Gasteiger partial charge in [-0.25, -0.2) is 14.9 Å². The summed E-state index contributed by atoms with van der Waals surface area (Å²) < 4.78 is 29.9. The Hall–Kier alpha value is -3.04. The van der Waals surface area contributed by atoms with Gasteiger partial charge in [-0.15, -0.1) is 0 Å². The number of nitrogens with one attached hydrogen (secondary N) is 1. The van der Waals surface area contributed by atoms with Gasteiger partial charge in [-0.3, -0.25) is 4.79 Å². The van der Waals surface area contributed by atoms with Gasteiger partial charge in [0.2, 0.25) is 0 Å². The Morgan fingerprint density at radius 3 is 2.78 bits per heavy atom. The van der Waals surface area contributed by atoms with Gasteiger partial charge in [0.25, 0.3) is 5.91 Å². The van der Waals surface area contributed by atoms with Crippen LogP contribution in [-0.4, -0.2) is 26.5 Å². The quantitative estimate of drug-likeness (QED) is 0.652. The molecule has 0 saturated heterocycles. The first kappa shape index (κ1) is 16.3. The number of aromatic hydroxyl groups is 1. The molecule has 2 N–H and O–H groups in total. The number of rotatable bonds is 4. The average Bonchev–Trinajstić information content (AvgIpc) is 2.93. The van der Waals surface area contributed by atoms with E-state index in [4.69, 9.17) is 4.42 Å². The van der Waals surface area contributed by atoms with Crippen LogP contribution in [0.4, 0.5) is 8.78 Å². The van der Waals surface area contributed by atoms with Crippen molar-refractivity contribution in [3.8, 4) is 5.75 Å². The Bertz CT molecular complexity index is 826. The van der Waals surface area contributed by atoms with Crippen LogP contribution in [0.1, 0.15) is 35.3 Å². The number of halogens is 2. The van der Waals surface area contributed by atoms with Crippen LogP contribution in [0.15, 0.2) is 32.6 Å². The van der Waals surface area contributed by atoms with Crippen LogP contribution in [0, 0.1) is 6.92 Å². The lowest BCUT2D eigenvalue weighted by Crippen LogP contribution is -2.22. The van der Waals surface area contributed by atoms with E-state index in [1.807, 2.05) is 0 Å². The highest BCUT2D eigenvalue weighted by Gasteiger charge is 2.15. The summed E-state index contributed by atoms with van der Waals surface area (Å²) in [6, 6.07) is 2.31. The fourth-order valence-electron chi connectivity index (χ4n) is 1.74. The molecule has 0 fully saturated rings. The number of hydrogen-bond acceptors (Lipinski definition) is 6. The van der Waals surface area contributed by atoms with Crippen LogP contribution in [0.2, 0.25) is 0 Å². The topological polar surface area (TPSA) is 110 Å². The third-order valence-corrected chi connectivity index (χ3v) is 2.78. The first-order valence-electron chi connectivity index (χ1n) is 6.31. The maximum absolute atomic E-state index is 12.4. The molecule has 0 aliphatic heterocycles. The second-order valence-electron chi connectivity index (χ2n) is 4.50. The fourth-order valence-corrected chi connectivity index (χ4v) is 1.74. The Morgan fingerprint density at radius 2 is 2.22 bits per heavy atom. The van der Waals surface area contributed by atoms with Crippen LogP contribution in [0.25, 0.3) is 0 Å². The molecule has 1 amide bonds. The first-order valence-corrected chi connectivity index (χ1v) is 6.31. The lowest BCUT2D eigenvalue weighted by Gasteiger charge is -2.03. The molecule has 2 aromatic rings. The van der Waals surface area contributed by atoms with E-state index < -0.39 is 18.1 Å². The molecule has 0 aliphatic rings. The third-order valence-electron chi connectivity index (χ3n) is 2.78. The number of amides is 1. The fraction of sp³-hybridized carbons (Fsp3) is 0.231. The van der Waals surface area contributed by atoms with E-state index in [1.165, 1.54) is 19.9 Å². The highest BCUT2D eigenvalue weighted by molar-refractivity contribution is 6.01. The largest absolute Gasteiger partial charge is 0.507 e. The zero-order valence-corrected chi connectivity index (χ0v) is 12.1. The summed E-state index contributed by atoms with van der Waals surface area (Å²) >= 11 is 0. The zero-order chi connectivity index (χ0) is 17.1. The van der Waals surface area contributed by atoms with E-state index in [9.17, 15) is 23.5 Å². The van der Waals surface area contributed by atoms with Crippen LogP contribution in [-0.2, 0) is 0 Å². The molecular weight excluding hydrogens is 314 g/mol. The summed E-state index contributed by atoms with van der Waals surface area (Å²) in [6.45, 7) is -0.0198. The summed E-state index contributed by atoms with van der Waals surface area (Å²) in [5, 5.41) is 16.7. The van der Waals surface area contributed by atoms with Crippen molar-refractivity contribution in [1.82, 2.24) is 15.2 Å². The molecule has 2 rings (SSSR count). The van der Waals surface area contributed by atoms with Gasteiger partial charge in [0.15, 0.2) is 5.69 Å². The van der Waals surface area contributed by atoms with Crippen molar-refractivity contribution in [1.29, 1.82) is 0 Å². The smallest absolute Gasteiger partial charge is 0.348 e. The summed E-state index contributed by atoms with van der Waals surface area (Å²) in [5.74, 6) is -0.985. The number of carbonyl (C=O) groups is 1. The van der Waals surface area contributed by atoms with Crippen LogP contribution in [0.5, 0.6) is 5.75 Å². The van der Waals surface area contributed by atoms with E-state index in [0.717, 1.165) is 12.3 Å². The van der Waals surface area contributed by atoms with E-state index in [-0.39, 0.29) is 28.5 Å². The molecule has 2 heterocycles. The second kappa shape index (κ2) is 6.38. The molecule has 10 heteroatoms. The minimum atomic E-state index is -2.86. The minimum Gasteiger partial charge on any atom is -0.507 e. The van der Waals surface area contributed by atoms with Crippen LogP contribution in [0.3, 0.4) is 0 Å². The molecule has 122 valence electrons. The molecule has 0 aliphatic carbocycles. The number of aryl methyl sites for hydroxylation is 1. The number of aromatic nitrogens is 2. The van der Waals surface area contributed by atoms with Crippen molar-refractivity contribution in [3.63, 3.8) is 0 Å². The van der Waals surface area contributed by atoms with Crippen molar-refractivity contribution in [2.45, 2.75) is 20.4 Å². The molecule has 8 nitrogen and oxygen atoms in total. The molecule has 23 heavy (non-hydrogen) atoms. The molecule has 0 atom stereocenters. The van der Waals surface area contributed by atoms with Gasteiger partial charge in [0, 0.05) is 12.3 Å². The lowest BCUT2D eigenvalue weighted by molar-refractivity contribution is 0.0560. The number of hydrogen-bond donors (Lipinski definition) is 2. The highest BCUT2D eigenvalue weighted by atomic mass is 19.3. The maximum atomic E-state index is 12.4. The average molecular weight is 326 g/mol. The minimum absolute atomic E-state index is 0.0158. The molecule has 0 bridgehead atoms. The Kier molecular flexibility index (Phi) is 4.53. The standard InChI is InChI=1S/C13H12F2N4O4/c1-6-5-9(20)10(12(22)23-6)7(2)16-17-11(21)8-3-4-19(18-8)13(14)15/h3-5,13,20H,1-2H3,(H,17,21)/b16-7-. The van der Waals surface area contributed by atoms with Gasteiger partial charge < -0.3 is 9.52 Å².